The molecular weight excluding hydrogens is 650 g/mol. The van der Waals surface area contributed by atoms with Crippen molar-refractivity contribution in [1.82, 2.24) is 4.98 Å². The minimum absolute atomic E-state index is 0.0477. The van der Waals surface area contributed by atoms with Gasteiger partial charge in [-0.3, -0.25) is 0 Å². The second kappa shape index (κ2) is 16.1. The van der Waals surface area contributed by atoms with Crippen molar-refractivity contribution in [2.75, 3.05) is 16.8 Å². The summed E-state index contributed by atoms with van der Waals surface area (Å²) in [5, 5.41) is 4.56. The summed E-state index contributed by atoms with van der Waals surface area (Å²) in [4.78, 5) is 46.0. The van der Waals surface area contributed by atoms with Gasteiger partial charge in [-0.2, -0.15) is 4.90 Å². The monoisotopic (exact) mass is 699 g/mol. The molecule has 1 heterocycles. The lowest BCUT2D eigenvalue weighted by Crippen LogP contribution is -2.44. The molecule has 2 amide bonds. The van der Waals surface area contributed by atoms with E-state index in [9.17, 15) is 14.4 Å². The summed E-state index contributed by atoms with van der Waals surface area (Å²) in [5.74, 6) is 0.608. The lowest BCUT2D eigenvalue weighted by molar-refractivity contribution is -0.146. The molecule has 51 heavy (non-hydrogen) atoms. The fraction of sp³-hybridized carbons (Fsp3) is 0.400. The van der Waals surface area contributed by atoms with Gasteiger partial charge in [0, 0.05) is 17.3 Å². The Kier molecular flexibility index (Phi) is 12.2. The van der Waals surface area contributed by atoms with E-state index in [1.807, 2.05) is 58.0 Å². The van der Waals surface area contributed by atoms with Gasteiger partial charge in [0.1, 0.15) is 17.8 Å². The molecule has 0 aliphatic carbocycles. The van der Waals surface area contributed by atoms with E-state index < -0.39 is 35.4 Å². The molecule has 0 saturated heterocycles. The van der Waals surface area contributed by atoms with Gasteiger partial charge >= 0.3 is 18.2 Å². The minimum Gasteiger partial charge on any atom is -0.490 e. The van der Waals surface area contributed by atoms with Gasteiger partial charge in [-0.1, -0.05) is 36.4 Å². The van der Waals surface area contributed by atoms with Crippen LogP contribution in [0.15, 0.2) is 72.9 Å². The molecule has 0 saturated carbocycles. The van der Waals surface area contributed by atoms with Crippen LogP contribution in [0.25, 0.3) is 10.8 Å². The summed E-state index contributed by atoms with van der Waals surface area (Å²) in [6, 6.07) is 19.1. The Morgan fingerprint density at radius 3 is 2.06 bits per heavy atom. The first-order chi connectivity index (χ1) is 24.0. The van der Waals surface area contributed by atoms with Gasteiger partial charge in [-0.05, 0) is 122 Å². The van der Waals surface area contributed by atoms with Crippen LogP contribution < -0.4 is 19.7 Å². The highest BCUT2D eigenvalue weighted by Gasteiger charge is 2.35. The number of amides is 2. The van der Waals surface area contributed by atoms with E-state index in [0.29, 0.717) is 40.1 Å². The predicted molar refractivity (Wildman–Crippen MR) is 197 cm³/mol. The largest absolute Gasteiger partial charge is 0.490 e. The number of imide groups is 1. The van der Waals surface area contributed by atoms with E-state index in [0.717, 1.165) is 16.0 Å². The number of ether oxygens (including phenoxy) is 5. The average molecular weight is 700 g/mol. The Morgan fingerprint density at radius 1 is 0.824 bits per heavy atom. The molecule has 1 unspecified atom stereocenters. The molecule has 0 fully saturated rings. The van der Waals surface area contributed by atoms with Crippen molar-refractivity contribution in [1.29, 1.82) is 0 Å². The predicted octanol–water partition coefficient (Wildman–Crippen LogP) is 9.30. The molecule has 0 aliphatic heterocycles. The van der Waals surface area contributed by atoms with Crippen LogP contribution in [-0.2, 0) is 25.6 Å². The van der Waals surface area contributed by atoms with Crippen LogP contribution >= 0.6 is 0 Å². The molecular formula is C40H49N3O8. The lowest BCUT2D eigenvalue weighted by Gasteiger charge is -2.28. The van der Waals surface area contributed by atoms with Crippen molar-refractivity contribution < 1.29 is 38.1 Å². The average Bonchev–Trinajstić information content (AvgIpc) is 3.03. The number of rotatable bonds is 11. The highest BCUT2D eigenvalue weighted by atomic mass is 16.6. The number of aryl methyl sites for hydroxylation is 1. The van der Waals surface area contributed by atoms with Gasteiger partial charge in [0.05, 0.1) is 12.7 Å². The Bertz CT molecular complexity index is 1820. The number of aromatic nitrogens is 1. The van der Waals surface area contributed by atoms with Gasteiger partial charge in [-0.25, -0.2) is 19.4 Å². The zero-order chi connectivity index (χ0) is 37.5. The number of carbonyl (C=O) groups excluding carboxylic acids is 3. The molecule has 1 N–H and O–H groups in total. The topological polar surface area (TPSA) is 126 Å². The molecule has 0 radical (unpaired) electrons. The number of hydrogen-bond donors (Lipinski definition) is 1. The Morgan fingerprint density at radius 2 is 1.47 bits per heavy atom. The zero-order valence-corrected chi connectivity index (χ0v) is 31.2. The number of nitrogens with one attached hydrogen (secondary N) is 1. The van der Waals surface area contributed by atoms with Crippen LogP contribution in [0.4, 0.5) is 21.1 Å². The maximum atomic E-state index is 13.9. The van der Waals surface area contributed by atoms with E-state index in [1.54, 1.807) is 77.9 Å². The number of anilines is 2. The fourth-order valence-corrected chi connectivity index (χ4v) is 5.16. The third-order valence-corrected chi connectivity index (χ3v) is 7.28. The number of carbonyl (C=O) groups is 3. The van der Waals surface area contributed by atoms with Crippen LogP contribution in [0.2, 0.25) is 0 Å². The third kappa shape index (κ3) is 10.3. The van der Waals surface area contributed by atoms with Gasteiger partial charge in [0.2, 0.25) is 0 Å². The number of benzene rings is 3. The quantitative estimate of drug-likeness (QED) is 0.120. The first kappa shape index (κ1) is 38.5. The zero-order valence-electron chi connectivity index (χ0n) is 31.2. The number of hydrogen-bond acceptors (Lipinski definition) is 10. The summed E-state index contributed by atoms with van der Waals surface area (Å²) < 4.78 is 28.9. The molecule has 1 atom stereocenters. The van der Waals surface area contributed by atoms with Gasteiger partial charge in [0.15, 0.2) is 23.4 Å². The van der Waals surface area contributed by atoms with Crippen LogP contribution in [0, 0.1) is 6.92 Å². The Labute approximate surface area is 300 Å². The number of esters is 1. The van der Waals surface area contributed by atoms with E-state index in [1.165, 1.54) is 6.20 Å². The van der Waals surface area contributed by atoms with E-state index in [2.05, 4.69) is 10.3 Å². The Balaban J connectivity index is 1.78. The smallest absolute Gasteiger partial charge is 0.425 e. The third-order valence-electron chi connectivity index (χ3n) is 7.28. The summed E-state index contributed by atoms with van der Waals surface area (Å²) >= 11 is 0. The molecule has 4 rings (SSSR count). The normalized spacial score (nSPS) is 12.2. The maximum Gasteiger partial charge on any atom is 0.425 e. The van der Waals surface area contributed by atoms with E-state index in [-0.39, 0.29) is 18.5 Å². The molecule has 1 aromatic heterocycles. The molecule has 272 valence electrons. The molecule has 4 aromatic rings. The number of fused-ring (bicyclic) bond motifs is 1. The first-order valence-electron chi connectivity index (χ1n) is 17.0. The van der Waals surface area contributed by atoms with Gasteiger partial charge < -0.3 is 29.0 Å². The molecule has 0 spiro atoms. The molecule has 3 aromatic carbocycles. The Hall–Kier alpha value is -5.32. The summed E-state index contributed by atoms with van der Waals surface area (Å²) in [6.45, 7) is 18.3. The van der Waals surface area contributed by atoms with Crippen molar-refractivity contribution in [3.63, 3.8) is 0 Å². The van der Waals surface area contributed by atoms with Crippen LogP contribution in [0.3, 0.4) is 0 Å². The second-order valence-corrected chi connectivity index (χ2v) is 14.2. The van der Waals surface area contributed by atoms with Crippen LogP contribution in [0.1, 0.15) is 85.0 Å². The van der Waals surface area contributed by atoms with Crippen LogP contribution in [0.5, 0.6) is 11.5 Å². The number of pyridine rings is 1. The standard InChI is InChI=1S/C40H49N3O8/c1-11-47-33-23-28(17-20-32(33)49-25(2)3)34(36(44)48-24-27-15-13-12-14-16-27)42-31-19-18-30-29(26(31)4)21-22-41-35(30)43(37(45)50-39(5,6)7)38(46)51-40(8,9)10/h12-23,25,34,42H,11,24H2,1-10H3. The van der Waals surface area contributed by atoms with Gasteiger partial charge in [0.25, 0.3) is 0 Å². The lowest BCUT2D eigenvalue weighted by atomic mass is 10.0. The molecule has 11 heteroatoms. The fourth-order valence-electron chi connectivity index (χ4n) is 5.16. The highest BCUT2D eigenvalue weighted by molar-refractivity contribution is 6.14. The molecule has 0 aliphatic rings. The van der Waals surface area contributed by atoms with Crippen molar-refractivity contribution >= 4 is 40.4 Å². The van der Waals surface area contributed by atoms with Crippen molar-refractivity contribution in [3.05, 3.63) is 89.6 Å². The van der Waals surface area contributed by atoms with E-state index in [4.69, 9.17) is 23.7 Å². The minimum atomic E-state index is -0.946. The molecule has 11 nitrogen and oxygen atoms in total. The van der Waals surface area contributed by atoms with Gasteiger partial charge in [-0.15, -0.1) is 0 Å². The SMILES string of the molecule is CCOc1cc(C(Nc2ccc3c(N(C(=O)OC(C)(C)C)C(=O)OC(C)(C)C)nccc3c2C)C(=O)OCc2ccccc2)ccc1OC(C)C. The first-order valence-corrected chi connectivity index (χ1v) is 17.0. The molecule has 0 bridgehead atoms. The summed E-state index contributed by atoms with van der Waals surface area (Å²) in [5.41, 5.74) is 1.02. The second-order valence-electron chi connectivity index (χ2n) is 14.2. The highest BCUT2D eigenvalue weighted by Crippen LogP contribution is 2.37. The van der Waals surface area contributed by atoms with Crippen molar-refractivity contribution in [3.8, 4) is 11.5 Å². The van der Waals surface area contributed by atoms with Crippen molar-refractivity contribution in [2.45, 2.75) is 99.2 Å². The maximum absolute atomic E-state index is 13.9. The van der Waals surface area contributed by atoms with Crippen molar-refractivity contribution in [2.24, 2.45) is 0 Å². The number of nitrogens with zero attached hydrogens (tertiary/aromatic N) is 2. The van der Waals surface area contributed by atoms with E-state index >= 15 is 0 Å². The summed E-state index contributed by atoms with van der Waals surface area (Å²) in [7, 11) is 0. The summed E-state index contributed by atoms with van der Waals surface area (Å²) in [6.07, 6.45) is -0.425. The van der Waals surface area contributed by atoms with Crippen LogP contribution in [-0.4, -0.2) is 47.1 Å².